The Hall–Kier alpha value is -1.10. The molecule has 2 rings (SSSR count). The first-order valence-corrected chi connectivity index (χ1v) is 6.50. The molecule has 0 aliphatic rings. The van der Waals surface area contributed by atoms with Crippen molar-refractivity contribution in [1.82, 2.24) is 10.3 Å². The van der Waals surface area contributed by atoms with Gasteiger partial charge in [-0.05, 0) is 13.0 Å². The van der Waals surface area contributed by atoms with Crippen LogP contribution in [0.25, 0.3) is 0 Å². The SMILES string of the molecule is Cc1ncsc1CNCc1cccc(Cl)c1O. The minimum Gasteiger partial charge on any atom is -0.506 e. The van der Waals surface area contributed by atoms with Crippen molar-refractivity contribution in [3.63, 3.8) is 0 Å². The van der Waals surface area contributed by atoms with Gasteiger partial charge in [-0.1, -0.05) is 23.7 Å². The van der Waals surface area contributed by atoms with Gasteiger partial charge in [0, 0.05) is 23.5 Å². The van der Waals surface area contributed by atoms with Gasteiger partial charge in [0.1, 0.15) is 5.75 Å². The van der Waals surface area contributed by atoms with Crippen molar-refractivity contribution in [2.75, 3.05) is 0 Å². The molecule has 1 heterocycles. The minimum absolute atomic E-state index is 0.155. The fourth-order valence-corrected chi connectivity index (χ4v) is 2.45. The van der Waals surface area contributed by atoms with Gasteiger partial charge in [-0.3, -0.25) is 0 Å². The molecule has 3 nitrogen and oxygen atoms in total. The van der Waals surface area contributed by atoms with Crippen molar-refractivity contribution in [1.29, 1.82) is 0 Å². The highest BCUT2D eigenvalue weighted by atomic mass is 35.5. The van der Waals surface area contributed by atoms with Gasteiger partial charge in [0.2, 0.25) is 0 Å². The Morgan fingerprint density at radius 3 is 2.94 bits per heavy atom. The predicted octanol–water partition coefficient (Wildman–Crippen LogP) is 3.10. The highest BCUT2D eigenvalue weighted by molar-refractivity contribution is 7.09. The molecular weight excluding hydrogens is 256 g/mol. The topological polar surface area (TPSA) is 45.2 Å². The van der Waals surface area contributed by atoms with Crippen molar-refractivity contribution in [2.24, 2.45) is 0 Å². The van der Waals surface area contributed by atoms with E-state index in [0.717, 1.165) is 17.8 Å². The van der Waals surface area contributed by atoms with Gasteiger partial charge in [0.15, 0.2) is 0 Å². The van der Waals surface area contributed by atoms with Gasteiger partial charge in [-0.25, -0.2) is 4.98 Å². The maximum Gasteiger partial charge on any atom is 0.138 e. The van der Waals surface area contributed by atoms with E-state index in [-0.39, 0.29) is 5.75 Å². The zero-order valence-corrected chi connectivity index (χ0v) is 11.0. The highest BCUT2D eigenvalue weighted by Gasteiger charge is 2.05. The zero-order chi connectivity index (χ0) is 12.3. The molecule has 1 aromatic carbocycles. The summed E-state index contributed by atoms with van der Waals surface area (Å²) in [5.74, 6) is 0.155. The van der Waals surface area contributed by atoms with Crippen molar-refractivity contribution in [3.05, 3.63) is 44.9 Å². The number of benzene rings is 1. The second kappa shape index (κ2) is 5.49. The lowest BCUT2D eigenvalue weighted by Crippen LogP contribution is -2.12. The maximum absolute atomic E-state index is 9.73. The summed E-state index contributed by atoms with van der Waals surface area (Å²) >= 11 is 7.46. The van der Waals surface area contributed by atoms with E-state index in [2.05, 4.69) is 10.3 Å². The molecule has 0 saturated heterocycles. The third-order valence-corrected chi connectivity index (χ3v) is 3.76. The molecular formula is C12H13ClN2OS. The van der Waals surface area contributed by atoms with E-state index in [9.17, 15) is 5.11 Å². The number of nitrogens with one attached hydrogen (secondary N) is 1. The fraction of sp³-hybridized carbons (Fsp3) is 0.250. The van der Waals surface area contributed by atoms with Crippen LogP contribution in [0.15, 0.2) is 23.7 Å². The van der Waals surface area contributed by atoms with Crippen LogP contribution in [0.4, 0.5) is 0 Å². The first-order valence-electron chi connectivity index (χ1n) is 5.24. The molecule has 5 heteroatoms. The minimum atomic E-state index is 0.155. The third kappa shape index (κ3) is 2.97. The van der Waals surface area contributed by atoms with Crippen LogP contribution in [-0.4, -0.2) is 10.1 Å². The largest absolute Gasteiger partial charge is 0.506 e. The van der Waals surface area contributed by atoms with E-state index in [4.69, 9.17) is 11.6 Å². The summed E-state index contributed by atoms with van der Waals surface area (Å²) in [6.45, 7) is 3.33. The molecule has 0 fully saturated rings. The monoisotopic (exact) mass is 268 g/mol. The van der Waals surface area contributed by atoms with E-state index < -0.39 is 0 Å². The summed E-state index contributed by atoms with van der Waals surface area (Å²) in [4.78, 5) is 5.40. The summed E-state index contributed by atoms with van der Waals surface area (Å²) in [6.07, 6.45) is 0. The average Bonchev–Trinajstić information content (AvgIpc) is 2.71. The van der Waals surface area contributed by atoms with Crippen molar-refractivity contribution in [2.45, 2.75) is 20.0 Å². The normalized spacial score (nSPS) is 10.7. The number of aromatic nitrogens is 1. The Balaban J connectivity index is 1.95. The number of aromatic hydroxyl groups is 1. The van der Waals surface area contributed by atoms with Crippen LogP contribution in [0, 0.1) is 6.92 Å². The molecule has 90 valence electrons. The molecule has 1 aromatic heterocycles. The molecule has 0 atom stereocenters. The zero-order valence-electron chi connectivity index (χ0n) is 9.40. The second-order valence-corrected chi connectivity index (χ2v) is 5.06. The molecule has 0 spiro atoms. The van der Waals surface area contributed by atoms with E-state index in [1.54, 1.807) is 17.4 Å². The summed E-state index contributed by atoms with van der Waals surface area (Å²) in [6, 6.07) is 5.36. The predicted molar refractivity (Wildman–Crippen MR) is 70.5 cm³/mol. The summed E-state index contributed by atoms with van der Waals surface area (Å²) in [7, 11) is 0. The number of aryl methyl sites for hydroxylation is 1. The van der Waals surface area contributed by atoms with Crippen LogP contribution in [0.5, 0.6) is 5.75 Å². The summed E-state index contributed by atoms with van der Waals surface area (Å²) in [5, 5.41) is 13.4. The Kier molecular flexibility index (Phi) is 3.99. The van der Waals surface area contributed by atoms with Crippen LogP contribution in [0.1, 0.15) is 16.1 Å². The number of hydrogen-bond donors (Lipinski definition) is 2. The molecule has 0 bridgehead atoms. The molecule has 0 radical (unpaired) electrons. The summed E-state index contributed by atoms with van der Waals surface area (Å²) < 4.78 is 0. The Labute approximate surface area is 109 Å². The van der Waals surface area contributed by atoms with Gasteiger partial charge in [-0.15, -0.1) is 11.3 Å². The quantitative estimate of drug-likeness (QED) is 0.896. The average molecular weight is 269 g/mol. The molecule has 0 aliphatic heterocycles. The van der Waals surface area contributed by atoms with E-state index >= 15 is 0 Å². The van der Waals surface area contributed by atoms with Gasteiger partial charge in [-0.2, -0.15) is 0 Å². The number of phenolic OH excluding ortho intramolecular Hbond substituents is 1. The van der Waals surface area contributed by atoms with Crippen molar-refractivity contribution < 1.29 is 5.11 Å². The van der Waals surface area contributed by atoms with Gasteiger partial charge in [0.25, 0.3) is 0 Å². The fourth-order valence-electron chi connectivity index (χ4n) is 1.51. The van der Waals surface area contributed by atoms with Crippen molar-refractivity contribution in [3.8, 4) is 5.75 Å². The van der Waals surface area contributed by atoms with Crippen LogP contribution in [0.3, 0.4) is 0 Å². The molecule has 0 aliphatic carbocycles. The number of rotatable bonds is 4. The number of nitrogens with zero attached hydrogens (tertiary/aromatic N) is 1. The lowest BCUT2D eigenvalue weighted by Gasteiger charge is -2.07. The lowest BCUT2D eigenvalue weighted by atomic mass is 10.2. The number of para-hydroxylation sites is 1. The van der Waals surface area contributed by atoms with E-state index in [1.165, 1.54) is 4.88 Å². The summed E-state index contributed by atoms with van der Waals surface area (Å²) in [5.41, 5.74) is 3.70. The van der Waals surface area contributed by atoms with Crippen LogP contribution < -0.4 is 5.32 Å². The lowest BCUT2D eigenvalue weighted by molar-refractivity contribution is 0.465. The van der Waals surface area contributed by atoms with Crippen LogP contribution in [-0.2, 0) is 13.1 Å². The third-order valence-electron chi connectivity index (χ3n) is 2.52. The van der Waals surface area contributed by atoms with E-state index in [0.29, 0.717) is 11.6 Å². The number of hydrogen-bond acceptors (Lipinski definition) is 4. The van der Waals surface area contributed by atoms with Crippen molar-refractivity contribution >= 4 is 22.9 Å². The van der Waals surface area contributed by atoms with Crippen LogP contribution >= 0.6 is 22.9 Å². The molecule has 0 unspecified atom stereocenters. The molecule has 2 aromatic rings. The number of halogens is 1. The molecule has 0 amide bonds. The maximum atomic E-state index is 9.73. The Morgan fingerprint density at radius 2 is 2.24 bits per heavy atom. The highest BCUT2D eigenvalue weighted by Crippen LogP contribution is 2.26. The number of thiazole rings is 1. The molecule has 2 N–H and O–H groups in total. The number of phenols is 1. The molecule has 0 saturated carbocycles. The van der Waals surface area contributed by atoms with Crippen LogP contribution in [0.2, 0.25) is 5.02 Å². The van der Waals surface area contributed by atoms with Gasteiger partial charge >= 0.3 is 0 Å². The first kappa shape index (κ1) is 12.4. The first-order chi connectivity index (χ1) is 8.18. The Bertz CT molecular complexity index is 513. The van der Waals surface area contributed by atoms with E-state index in [1.807, 2.05) is 24.6 Å². The van der Waals surface area contributed by atoms with Gasteiger partial charge < -0.3 is 10.4 Å². The molecule has 17 heavy (non-hydrogen) atoms. The van der Waals surface area contributed by atoms with Gasteiger partial charge in [0.05, 0.1) is 16.2 Å². The second-order valence-electron chi connectivity index (χ2n) is 3.71. The Morgan fingerprint density at radius 1 is 1.41 bits per heavy atom. The standard InChI is InChI=1S/C12H13ClN2OS/c1-8-11(17-7-15-8)6-14-5-9-3-2-4-10(13)12(9)16/h2-4,7,14,16H,5-6H2,1H3. The smallest absolute Gasteiger partial charge is 0.138 e.